The van der Waals surface area contributed by atoms with E-state index in [9.17, 15) is 5.11 Å². The van der Waals surface area contributed by atoms with Crippen molar-refractivity contribution in [2.24, 2.45) is 0 Å². The fourth-order valence-electron chi connectivity index (χ4n) is 1.07. The van der Waals surface area contributed by atoms with E-state index in [0.29, 0.717) is 6.42 Å². The lowest BCUT2D eigenvalue weighted by molar-refractivity contribution is 0.00801. The summed E-state index contributed by atoms with van der Waals surface area (Å²) in [7, 11) is 1.54. The van der Waals surface area contributed by atoms with Crippen molar-refractivity contribution in [1.29, 1.82) is 0 Å². The normalized spacial score (nSPS) is 14.3. The van der Waals surface area contributed by atoms with Crippen LogP contribution < -0.4 is 0 Å². The minimum atomic E-state index is -1.12. The first-order valence-corrected chi connectivity index (χ1v) is 4.77. The Morgan fingerprint density at radius 3 is 2.36 bits per heavy atom. The average Bonchev–Trinajstić information content (AvgIpc) is 2.14. The molecule has 1 N–H and O–H groups in total. The summed E-state index contributed by atoms with van der Waals surface area (Å²) >= 11 is 0. The Labute approximate surface area is 87.0 Å². The zero-order valence-corrected chi connectivity index (χ0v) is 9.55. The van der Waals surface area contributed by atoms with Crippen molar-refractivity contribution in [2.75, 3.05) is 13.7 Å². The van der Waals surface area contributed by atoms with Crippen molar-refractivity contribution in [3.8, 4) is 12.3 Å². The molecule has 80 valence electrons. The Kier molecular flexibility index (Phi) is 5.52. The molecule has 0 aromatic rings. The van der Waals surface area contributed by atoms with Gasteiger partial charge in [-0.3, -0.25) is 0 Å². The molecule has 0 radical (unpaired) electrons. The van der Waals surface area contributed by atoms with Gasteiger partial charge in [-0.1, -0.05) is 17.1 Å². The van der Waals surface area contributed by atoms with E-state index in [1.54, 1.807) is 0 Å². The third-order valence-corrected chi connectivity index (χ3v) is 2.42. The molecule has 0 fully saturated rings. The predicted octanol–water partition coefficient (Wildman–Crippen LogP) is 2.13. The number of rotatable bonds is 5. The summed E-state index contributed by atoms with van der Waals surface area (Å²) in [6, 6.07) is 0. The maximum Gasteiger partial charge on any atom is 0.148 e. The standard InChI is InChI=1S/C12H20O2/c1-6-12(13,9-14-5)8-7-11(4)10(2)3/h1,13H,7-9H2,2-5H3. The molecule has 2 nitrogen and oxygen atoms in total. The van der Waals surface area contributed by atoms with Crippen LogP contribution in [-0.2, 0) is 4.74 Å². The number of ether oxygens (including phenoxy) is 1. The second-order valence-corrected chi connectivity index (χ2v) is 3.89. The smallest absolute Gasteiger partial charge is 0.148 e. The highest BCUT2D eigenvalue weighted by atomic mass is 16.5. The van der Waals surface area contributed by atoms with Gasteiger partial charge in [0.15, 0.2) is 0 Å². The van der Waals surface area contributed by atoms with E-state index in [-0.39, 0.29) is 6.61 Å². The average molecular weight is 196 g/mol. The highest BCUT2D eigenvalue weighted by Gasteiger charge is 2.23. The second-order valence-electron chi connectivity index (χ2n) is 3.89. The topological polar surface area (TPSA) is 29.5 Å². The largest absolute Gasteiger partial charge is 0.381 e. The van der Waals surface area contributed by atoms with Crippen molar-refractivity contribution < 1.29 is 9.84 Å². The summed E-state index contributed by atoms with van der Waals surface area (Å²) in [6.07, 6.45) is 6.62. The highest BCUT2D eigenvalue weighted by molar-refractivity contribution is 5.12. The van der Waals surface area contributed by atoms with Gasteiger partial charge in [-0.15, -0.1) is 6.42 Å². The van der Waals surface area contributed by atoms with Crippen molar-refractivity contribution in [3.05, 3.63) is 11.1 Å². The van der Waals surface area contributed by atoms with Crippen LogP contribution in [0.3, 0.4) is 0 Å². The molecule has 1 unspecified atom stereocenters. The van der Waals surface area contributed by atoms with Crippen LogP contribution in [0.15, 0.2) is 11.1 Å². The summed E-state index contributed by atoms with van der Waals surface area (Å²) in [5.74, 6) is 2.38. The fraction of sp³-hybridized carbons (Fsp3) is 0.667. The summed E-state index contributed by atoms with van der Waals surface area (Å²) in [6.45, 7) is 6.36. The number of terminal acetylenes is 1. The first kappa shape index (κ1) is 13.2. The molecule has 2 heteroatoms. The Hall–Kier alpha value is -0.780. The molecule has 0 aliphatic rings. The molecule has 0 amide bonds. The van der Waals surface area contributed by atoms with Crippen molar-refractivity contribution in [1.82, 2.24) is 0 Å². The molecule has 0 aliphatic heterocycles. The molecule has 0 aromatic heterocycles. The monoisotopic (exact) mass is 196 g/mol. The van der Waals surface area contributed by atoms with Crippen LogP contribution in [0, 0.1) is 12.3 Å². The van der Waals surface area contributed by atoms with Gasteiger partial charge in [0.1, 0.15) is 5.60 Å². The van der Waals surface area contributed by atoms with Gasteiger partial charge in [0.2, 0.25) is 0 Å². The molecule has 0 heterocycles. The van der Waals surface area contributed by atoms with Crippen LogP contribution >= 0.6 is 0 Å². The van der Waals surface area contributed by atoms with Crippen LogP contribution in [0.4, 0.5) is 0 Å². The van der Waals surface area contributed by atoms with Gasteiger partial charge < -0.3 is 9.84 Å². The molecule has 1 atom stereocenters. The third kappa shape index (κ3) is 4.45. The van der Waals surface area contributed by atoms with Gasteiger partial charge in [0.25, 0.3) is 0 Å². The molecule has 0 bridgehead atoms. The molecule has 0 saturated heterocycles. The highest BCUT2D eigenvalue weighted by Crippen LogP contribution is 2.18. The summed E-state index contributed by atoms with van der Waals surface area (Å²) in [5.41, 5.74) is 1.43. The predicted molar refractivity (Wildman–Crippen MR) is 58.9 cm³/mol. The van der Waals surface area contributed by atoms with Gasteiger partial charge in [-0.2, -0.15) is 0 Å². The molecule has 0 saturated carbocycles. The molecular formula is C12H20O2. The van der Waals surface area contributed by atoms with E-state index in [2.05, 4.69) is 26.7 Å². The Morgan fingerprint density at radius 1 is 1.43 bits per heavy atom. The number of hydrogen-bond donors (Lipinski definition) is 1. The lowest BCUT2D eigenvalue weighted by Gasteiger charge is -2.21. The summed E-state index contributed by atoms with van der Waals surface area (Å²) < 4.78 is 4.88. The Morgan fingerprint density at radius 2 is 2.00 bits per heavy atom. The maximum atomic E-state index is 9.87. The van der Waals surface area contributed by atoms with Crippen molar-refractivity contribution in [3.63, 3.8) is 0 Å². The lowest BCUT2D eigenvalue weighted by atomic mass is 9.95. The summed E-state index contributed by atoms with van der Waals surface area (Å²) in [4.78, 5) is 0. The molecule has 0 spiro atoms. The van der Waals surface area contributed by atoms with Gasteiger partial charge in [-0.25, -0.2) is 0 Å². The van der Waals surface area contributed by atoms with Crippen LogP contribution in [0.1, 0.15) is 33.6 Å². The van der Waals surface area contributed by atoms with E-state index in [4.69, 9.17) is 11.2 Å². The first-order valence-electron chi connectivity index (χ1n) is 4.77. The van der Waals surface area contributed by atoms with E-state index in [0.717, 1.165) is 6.42 Å². The fourth-order valence-corrected chi connectivity index (χ4v) is 1.07. The first-order chi connectivity index (χ1) is 6.45. The number of aliphatic hydroxyl groups is 1. The van der Waals surface area contributed by atoms with Crippen LogP contribution in [-0.4, -0.2) is 24.4 Å². The van der Waals surface area contributed by atoms with E-state index in [1.165, 1.54) is 18.3 Å². The third-order valence-electron chi connectivity index (χ3n) is 2.42. The lowest BCUT2D eigenvalue weighted by Crippen LogP contribution is -2.32. The van der Waals surface area contributed by atoms with Crippen LogP contribution in [0.5, 0.6) is 0 Å². The van der Waals surface area contributed by atoms with Crippen LogP contribution in [0.2, 0.25) is 0 Å². The molecule has 0 aliphatic carbocycles. The van der Waals surface area contributed by atoms with E-state index < -0.39 is 5.60 Å². The quantitative estimate of drug-likeness (QED) is 0.539. The van der Waals surface area contributed by atoms with Gasteiger partial charge in [0.05, 0.1) is 6.61 Å². The Bertz CT molecular complexity index is 244. The molecule has 0 rings (SSSR count). The minimum absolute atomic E-state index is 0.194. The SMILES string of the molecule is C#CC(O)(CCC(C)=C(C)C)COC. The van der Waals surface area contributed by atoms with Crippen LogP contribution in [0.25, 0.3) is 0 Å². The van der Waals surface area contributed by atoms with Gasteiger partial charge >= 0.3 is 0 Å². The van der Waals surface area contributed by atoms with Crippen molar-refractivity contribution >= 4 is 0 Å². The number of allylic oxidation sites excluding steroid dienone is 2. The van der Waals surface area contributed by atoms with E-state index in [1.807, 2.05) is 0 Å². The number of methoxy groups -OCH3 is 1. The zero-order chi connectivity index (χ0) is 11.2. The maximum absolute atomic E-state index is 9.87. The Balaban J connectivity index is 4.23. The second kappa shape index (κ2) is 5.85. The molecular weight excluding hydrogens is 176 g/mol. The van der Waals surface area contributed by atoms with E-state index >= 15 is 0 Å². The van der Waals surface area contributed by atoms with Gasteiger partial charge in [-0.05, 0) is 33.6 Å². The minimum Gasteiger partial charge on any atom is -0.381 e. The number of hydrogen-bond acceptors (Lipinski definition) is 2. The summed E-state index contributed by atoms with van der Waals surface area (Å²) in [5, 5.41) is 9.87. The van der Waals surface area contributed by atoms with Crippen molar-refractivity contribution in [2.45, 2.75) is 39.2 Å². The van der Waals surface area contributed by atoms with Gasteiger partial charge in [0, 0.05) is 7.11 Å². The molecule has 14 heavy (non-hydrogen) atoms. The molecule has 0 aromatic carbocycles. The zero-order valence-electron chi connectivity index (χ0n) is 9.55.